The van der Waals surface area contributed by atoms with Crippen LogP contribution in [0.2, 0.25) is 0 Å². The summed E-state index contributed by atoms with van der Waals surface area (Å²) in [6, 6.07) is 6.00. The van der Waals surface area contributed by atoms with Crippen LogP contribution in [0.1, 0.15) is 17.5 Å². The number of aryl methyl sites for hydroxylation is 1. The Morgan fingerprint density at radius 3 is 3.21 bits per heavy atom. The molecule has 0 saturated carbocycles. The lowest BCUT2D eigenvalue weighted by Crippen LogP contribution is -2.11. The maximum atomic E-state index is 10.2. The number of hydrogen-bond donors (Lipinski definition) is 0. The molecule has 1 aromatic carbocycles. The number of ether oxygens (including phenoxy) is 2. The summed E-state index contributed by atoms with van der Waals surface area (Å²) >= 11 is 0. The Morgan fingerprint density at radius 1 is 1.43 bits per heavy atom. The molecule has 0 N–H and O–H groups in total. The predicted octanol–water partition coefficient (Wildman–Crippen LogP) is 1.68. The van der Waals surface area contributed by atoms with Crippen molar-refractivity contribution in [3.63, 3.8) is 0 Å². The lowest BCUT2D eigenvalue weighted by Gasteiger charge is -2.18. The molecule has 3 heteroatoms. The molecule has 3 nitrogen and oxygen atoms in total. The molecule has 2 rings (SSSR count). The fourth-order valence-corrected chi connectivity index (χ4v) is 1.49. The molecular formula is C11H12O3. The average Bonchev–Trinajstić information content (AvgIpc) is 2.26. The number of hydrogen-bond acceptors (Lipinski definition) is 3. The van der Waals surface area contributed by atoms with Crippen LogP contribution in [0, 0.1) is 0 Å². The molecular weight excluding hydrogens is 180 g/mol. The fourth-order valence-electron chi connectivity index (χ4n) is 1.49. The topological polar surface area (TPSA) is 35.5 Å². The Kier molecular flexibility index (Phi) is 2.79. The first-order chi connectivity index (χ1) is 6.90. The van der Waals surface area contributed by atoms with Gasteiger partial charge in [-0.1, -0.05) is 12.1 Å². The van der Waals surface area contributed by atoms with E-state index in [-0.39, 0.29) is 0 Å². The second kappa shape index (κ2) is 4.24. The number of carbonyl (C=O) groups excluding carboxylic acids is 1. The van der Waals surface area contributed by atoms with Crippen LogP contribution in [0.4, 0.5) is 0 Å². The van der Waals surface area contributed by atoms with Gasteiger partial charge < -0.3 is 14.3 Å². The van der Waals surface area contributed by atoms with Gasteiger partial charge in [-0.05, 0) is 18.1 Å². The first-order valence-corrected chi connectivity index (χ1v) is 4.66. The van der Waals surface area contributed by atoms with E-state index in [1.54, 1.807) is 0 Å². The van der Waals surface area contributed by atoms with Gasteiger partial charge in [-0.3, -0.25) is 0 Å². The molecule has 0 radical (unpaired) electrons. The van der Waals surface area contributed by atoms with Gasteiger partial charge in [-0.15, -0.1) is 0 Å². The molecule has 0 bridgehead atoms. The zero-order chi connectivity index (χ0) is 9.80. The molecule has 1 aliphatic heterocycles. The van der Waals surface area contributed by atoms with Crippen molar-refractivity contribution in [2.45, 2.75) is 19.4 Å². The van der Waals surface area contributed by atoms with Crippen LogP contribution in [0.5, 0.6) is 5.75 Å². The Bertz CT molecular complexity index is 333. The van der Waals surface area contributed by atoms with Crippen LogP contribution in [0.15, 0.2) is 18.2 Å². The molecule has 0 saturated heterocycles. The number of carbonyl (C=O) groups is 1. The van der Waals surface area contributed by atoms with Gasteiger partial charge >= 0.3 is 0 Å². The highest BCUT2D eigenvalue weighted by molar-refractivity contribution is 5.50. The van der Waals surface area contributed by atoms with Crippen LogP contribution in [-0.4, -0.2) is 13.1 Å². The van der Waals surface area contributed by atoms with Crippen molar-refractivity contribution >= 4 is 6.29 Å². The van der Waals surface area contributed by atoms with Gasteiger partial charge in [0.25, 0.3) is 0 Å². The van der Waals surface area contributed by atoms with E-state index in [0.717, 1.165) is 29.6 Å². The van der Waals surface area contributed by atoms with E-state index in [1.165, 1.54) is 0 Å². The van der Waals surface area contributed by atoms with E-state index in [0.29, 0.717) is 19.8 Å². The molecule has 0 fully saturated rings. The van der Waals surface area contributed by atoms with E-state index in [9.17, 15) is 4.79 Å². The zero-order valence-electron chi connectivity index (χ0n) is 7.86. The number of benzene rings is 1. The second-order valence-electron chi connectivity index (χ2n) is 3.26. The minimum Gasteiger partial charge on any atom is -0.467 e. The van der Waals surface area contributed by atoms with E-state index in [2.05, 4.69) is 0 Å². The largest absolute Gasteiger partial charge is 0.467 e. The normalized spacial score (nSPS) is 14.3. The predicted molar refractivity (Wildman–Crippen MR) is 51.1 cm³/mol. The Labute approximate surface area is 82.6 Å². The molecule has 0 aromatic heterocycles. The van der Waals surface area contributed by atoms with Gasteiger partial charge in [0.2, 0.25) is 0 Å². The highest BCUT2D eigenvalue weighted by atomic mass is 16.7. The number of aldehydes is 1. The minimum absolute atomic E-state index is 0.324. The molecule has 1 heterocycles. The van der Waals surface area contributed by atoms with Crippen LogP contribution in [0.3, 0.4) is 0 Å². The summed E-state index contributed by atoms with van der Waals surface area (Å²) in [6.07, 6.45) is 2.28. The van der Waals surface area contributed by atoms with Crippen LogP contribution in [0.25, 0.3) is 0 Å². The van der Waals surface area contributed by atoms with Crippen molar-refractivity contribution < 1.29 is 14.3 Å². The summed E-state index contributed by atoms with van der Waals surface area (Å²) in [7, 11) is 0. The molecule has 0 aliphatic carbocycles. The van der Waals surface area contributed by atoms with E-state index < -0.39 is 0 Å². The third kappa shape index (κ3) is 1.93. The summed E-state index contributed by atoms with van der Waals surface area (Å²) in [5.41, 5.74) is 2.21. The summed E-state index contributed by atoms with van der Waals surface area (Å²) < 4.78 is 10.5. The first-order valence-electron chi connectivity index (χ1n) is 4.66. The summed E-state index contributed by atoms with van der Waals surface area (Å²) in [5, 5.41) is 0. The van der Waals surface area contributed by atoms with E-state index in [1.807, 2.05) is 18.2 Å². The van der Waals surface area contributed by atoms with Crippen molar-refractivity contribution in [1.82, 2.24) is 0 Å². The molecule has 74 valence electrons. The van der Waals surface area contributed by atoms with Crippen LogP contribution >= 0.6 is 0 Å². The highest BCUT2D eigenvalue weighted by Gasteiger charge is 2.10. The van der Waals surface area contributed by atoms with Crippen molar-refractivity contribution in [1.29, 1.82) is 0 Å². The number of fused-ring (bicyclic) bond motifs is 1. The average molecular weight is 192 g/mol. The molecule has 0 atom stereocenters. The molecule has 0 spiro atoms. The monoisotopic (exact) mass is 192 g/mol. The summed E-state index contributed by atoms with van der Waals surface area (Å²) in [5.74, 6) is 0.889. The van der Waals surface area contributed by atoms with Gasteiger partial charge in [0.05, 0.1) is 6.61 Å². The molecule has 14 heavy (non-hydrogen) atoms. The molecule has 1 aliphatic rings. The maximum absolute atomic E-state index is 10.2. The zero-order valence-corrected chi connectivity index (χ0v) is 7.86. The third-order valence-electron chi connectivity index (χ3n) is 2.24. The Morgan fingerprint density at radius 2 is 2.36 bits per heavy atom. The van der Waals surface area contributed by atoms with Crippen LogP contribution < -0.4 is 4.74 Å². The van der Waals surface area contributed by atoms with Gasteiger partial charge in [0.15, 0.2) is 6.79 Å². The minimum atomic E-state index is 0.324. The summed E-state index contributed by atoms with van der Waals surface area (Å²) in [6.45, 7) is 0.938. The first kappa shape index (κ1) is 9.21. The molecule has 0 unspecified atom stereocenters. The van der Waals surface area contributed by atoms with E-state index in [4.69, 9.17) is 9.47 Å². The molecule has 1 aromatic rings. The van der Waals surface area contributed by atoms with Gasteiger partial charge in [0, 0.05) is 12.0 Å². The van der Waals surface area contributed by atoms with Crippen molar-refractivity contribution in [2.24, 2.45) is 0 Å². The van der Waals surface area contributed by atoms with E-state index >= 15 is 0 Å². The SMILES string of the molecule is O=CCCc1ccc2c(c1)OCOC2. The highest BCUT2D eigenvalue weighted by Crippen LogP contribution is 2.24. The fraction of sp³-hybridized carbons (Fsp3) is 0.364. The van der Waals surface area contributed by atoms with Gasteiger partial charge in [-0.25, -0.2) is 0 Å². The smallest absolute Gasteiger partial charge is 0.189 e. The summed E-state index contributed by atoms with van der Waals surface area (Å²) in [4.78, 5) is 10.2. The quantitative estimate of drug-likeness (QED) is 0.683. The van der Waals surface area contributed by atoms with Crippen LogP contribution in [-0.2, 0) is 22.6 Å². The maximum Gasteiger partial charge on any atom is 0.189 e. The second-order valence-corrected chi connectivity index (χ2v) is 3.26. The standard InChI is InChI=1S/C11H12O3/c12-5-1-2-9-3-4-10-7-13-8-14-11(10)6-9/h3-6H,1-2,7-8H2. The Balaban J connectivity index is 2.16. The lowest BCUT2D eigenvalue weighted by atomic mass is 10.1. The number of rotatable bonds is 3. The Hall–Kier alpha value is -1.35. The van der Waals surface area contributed by atoms with Crippen molar-refractivity contribution in [2.75, 3.05) is 6.79 Å². The third-order valence-corrected chi connectivity index (χ3v) is 2.24. The lowest BCUT2D eigenvalue weighted by molar-refractivity contribution is -0.107. The molecule has 0 amide bonds. The van der Waals surface area contributed by atoms with Gasteiger partial charge in [0.1, 0.15) is 12.0 Å². The van der Waals surface area contributed by atoms with Crippen molar-refractivity contribution in [3.05, 3.63) is 29.3 Å². The van der Waals surface area contributed by atoms with Gasteiger partial charge in [-0.2, -0.15) is 0 Å². The van der Waals surface area contributed by atoms with Crippen molar-refractivity contribution in [3.8, 4) is 5.75 Å².